The Labute approximate surface area is 89.2 Å². The Morgan fingerprint density at radius 2 is 2.20 bits per heavy atom. The molecule has 2 nitrogen and oxygen atoms in total. The fourth-order valence-electron chi connectivity index (χ4n) is 1.98. The van der Waals surface area contributed by atoms with E-state index in [0.717, 1.165) is 24.0 Å². The number of nitrogens with two attached hydrogens (primary N) is 1. The van der Waals surface area contributed by atoms with Crippen LogP contribution in [0.5, 0.6) is 0 Å². The van der Waals surface area contributed by atoms with Crippen molar-refractivity contribution in [3.63, 3.8) is 0 Å². The molecule has 0 heterocycles. The van der Waals surface area contributed by atoms with Crippen molar-refractivity contribution in [2.45, 2.75) is 24.9 Å². The number of hydrogen-bond acceptors (Lipinski definition) is 2. The maximum absolute atomic E-state index is 13.8. The zero-order valence-electron chi connectivity index (χ0n) is 8.92. The lowest BCUT2D eigenvalue weighted by atomic mass is 9.94. The van der Waals surface area contributed by atoms with Crippen LogP contribution in [0, 0.1) is 5.82 Å². The molecular weight excluding hydrogens is 193 g/mol. The molecule has 1 fully saturated rings. The van der Waals surface area contributed by atoms with Crippen molar-refractivity contribution >= 4 is 0 Å². The van der Waals surface area contributed by atoms with Crippen LogP contribution in [0.2, 0.25) is 0 Å². The summed E-state index contributed by atoms with van der Waals surface area (Å²) in [5, 5.41) is 0. The van der Waals surface area contributed by atoms with Gasteiger partial charge in [-0.3, -0.25) is 0 Å². The molecule has 0 amide bonds. The fourth-order valence-corrected chi connectivity index (χ4v) is 1.98. The minimum Gasteiger partial charge on any atom is -0.380 e. The lowest BCUT2D eigenvalue weighted by Gasteiger charge is -2.14. The van der Waals surface area contributed by atoms with Crippen LogP contribution in [0.3, 0.4) is 0 Å². The quantitative estimate of drug-likeness (QED) is 0.822. The Bertz CT molecular complexity index is 361. The summed E-state index contributed by atoms with van der Waals surface area (Å²) in [7, 11) is 1.61. The molecule has 0 aromatic heterocycles. The Kier molecular flexibility index (Phi) is 2.76. The van der Waals surface area contributed by atoms with E-state index in [0.29, 0.717) is 13.2 Å². The molecule has 0 radical (unpaired) electrons. The van der Waals surface area contributed by atoms with E-state index in [1.54, 1.807) is 13.2 Å². The lowest BCUT2D eigenvalue weighted by Crippen LogP contribution is -2.21. The predicted octanol–water partition coefficient (Wildman–Crippen LogP) is 1.96. The van der Waals surface area contributed by atoms with Crippen LogP contribution >= 0.6 is 0 Å². The number of hydrogen-bond donors (Lipinski definition) is 1. The molecule has 1 aromatic carbocycles. The first-order valence-corrected chi connectivity index (χ1v) is 5.20. The first-order chi connectivity index (χ1) is 7.22. The first kappa shape index (κ1) is 10.6. The smallest absolute Gasteiger partial charge is 0.127 e. The van der Waals surface area contributed by atoms with Crippen molar-refractivity contribution in [3.05, 3.63) is 35.1 Å². The monoisotopic (exact) mass is 209 g/mol. The number of halogens is 1. The van der Waals surface area contributed by atoms with Gasteiger partial charge in [0.25, 0.3) is 0 Å². The fraction of sp³-hybridized carbons (Fsp3) is 0.500. The van der Waals surface area contributed by atoms with Gasteiger partial charge in [-0.1, -0.05) is 12.1 Å². The third kappa shape index (κ3) is 1.90. The largest absolute Gasteiger partial charge is 0.380 e. The van der Waals surface area contributed by atoms with Crippen molar-refractivity contribution in [2.24, 2.45) is 5.73 Å². The van der Waals surface area contributed by atoms with Crippen molar-refractivity contribution in [3.8, 4) is 0 Å². The molecule has 1 aromatic rings. The molecule has 0 aliphatic heterocycles. The lowest BCUT2D eigenvalue weighted by molar-refractivity contribution is 0.184. The average molecular weight is 209 g/mol. The van der Waals surface area contributed by atoms with Crippen LogP contribution in [0.1, 0.15) is 24.0 Å². The average Bonchev–Trinajstić information content (AvgIpc) is 2.99. The second-order valence-electron chi connectivity index (χ2n) is 4.23. The molecule has 82 valence electrons. The van der Waals surface area contributed by atoms with Gasteiger partial charge in [-0.05, 0) is 30.0 Å². The standard InChI is InChI=1S/C12H16FNO/c1-15-7-9-2-3-10(11(13)6-9)12(8-14)4-5-12/h2-3,6H,4-5,7-8,14H2,1H3. The highest BCUT2D eigenvalue weighted by Crippen LogP contribution is 2.48. The third-order valence-corrected chi connectivity index (χ3v) is 3.16. The molecule has 3 heteroatoms. The molecule has 1 aliphatic carbocycles. The summed E-state index contributed by atoms with van der Waals surface area (Å²) in [5.41, 5.74) is 7.24. The molecule has 0 saturated heterocycles. The van der Waals surface area contributed by atoms with Crippen LogP contribution in [-0.4, -0.2) is 13.7 Å². The maximum atomic E-state index is 13.8. The van der Waals surface area contributed by atoms with Gasteiger partial charge < -0.3 is 10.5 Å². The summed E-state index contributed by atoms with van der Waals surface area (Å²) in [5.74, 6) is -0.146. The van der Waals surface area contributed by atoms with E-state index in [-0.39, 0.29) is 11.2 Å². The first-order valence-electron chi connectivity index (χ1n) is 5.20. The molecule has 2 rings (SSSR count). The van der Waals surface area contributed by atoms with E-state index in [9.17, 15) is 4.39 Å². The Hall–Kier alpha value is -0.930. The number of ether oxygens (including phenoxy) is 1. The van der Waals surface area contributed by atoms with E-state index < -0.39 is 0 Å². The van der Waals surface area contributed by atoms with E-state index in [2.05, 4.69) is 0 Å². The third-order valence-electron chi connectivity index (χ3n) is 3.16. The van der Waals surface area contributed by atoms with E-state index in [4.69, 9.17) is 10.5 Å². The van der Waals surface area contributed by atoms with Crippen molar-refractivity contribution < 1.29 is 9.13 Å². The SMILES string of the molecule is COCc1ccc(C2(CN)CC2)c(F)c1. The van der Waals surface area contributed by atoms with Gasteiger partial charge in [0.15, 0.2) is 0 Å². The Morgan fingerprint density at radius 1 is 1.47 bits per heavy atom. The van der Waals surface area contributed by atoms with Gasteiger partial charge in [0, 0.05) is 19.1 Å². The number of methoxy groups -OCH3 is 1. The van der Waals surface area contributed by atoms with Gasteiger partial charge in [-0.2, -0.15) is 0 Å². The van der Waals surface area contributed by atoms with Crippen LogP contribution in [0.4, 0.5) is 4.39 Å². The molecule has 15 heavy (non-hydrogen) atoms. The van der Waals surface area contributed by atoms with Gasteiger partial charge in [0.1, 0.15) is 5.82 Å². The summed E-state index contributed by atoms with van der Waals surface area (Å²) >= 11 is 0. The summed E-state index contributed by atoms with van der Waals surface area (Å²) in [6.07, 6.45) is 2.01. The van der Waals surface area contributed by atoms with Crippen LogP contribution in [0.25, 0.3) is 0 Å². The molecule has 0 spiro atoms. The zero-order chi connectivity index (χ0) is 10.9. The molecule has 0 unspecified atom stereocenters. The van der Waals surface area contributed by atoms with Crippen LogP contribution < -0.4 is 5.73 Å². The highest BCUT2D eigenvalue weighted by atomic mass is 19.1. The van der Waals surface area contributed by atoms with Crippen molar-refractivity contribution in [1.29, 1.82) is 0 Å². The van der Waals surface area contributed by atoms with Crippen molar-refractivity contribution in [2.75, 3.05) is 13.7 Å². The zero-order valence-corrected chi connectivity index (χ0v) is 8.92. The molecule has 2 N–H and O–H groups in total. The van der Waals surface area contributed by atoms with Gasteiger partial charge in [0.2, 0.25) is 0 Å². The second kappa shape index (κ2) is 3.91. The molecular formula is C12H16FNO. The molecule has 0 atom stereocenters. The second-order valence-corrected chi connectivity index (χ2v) is 4.23. The van der Waals surface area contributed by atoms with Crippen LogP contribution in [0.15, 0.2) is 18.2 Å². The van der Waals surface area contributed by atoms with E-state index in [1.807, 2.05) is 12.1 Å². The normalized spacial score (nSPS) is 17.8. The Balaban J connectivity index is 2.27. The number of benzene rings is 1. The topological polar surface area (TPSA) is 35.2 Å². The van der Waals surface area contributed by atoms with Crippen molar-refractivity contribution in [1.82, 2.24) is 0 Å². The highest BCUT2D eigenvalue weighted by Gasteiger charge is 2.44. The number of rotatable bonds is 4. The minimum atomic E-state index is -0.146. The van der Waals surface area contributed by atoms with E-state index in [1.165, 1.54) is 0 Å². The molecule has 1 aliphatic rings. The highest BCUT2D eigenvalue weighted by molar-refractivity contribution is 5.35. The summed E-state index contributed by atoms with van der Waals surface area (Å²) in [6.45, 7) is 0.986. The van der Waals surface area contributed by atoms with E-state index >= 15 is 0 Å². The van der Waals surface area contributed by atoms with Gasteiger partial charge in [-0.25, -0.2) is 4.39 Å². The predicted molar refractivity (Wildman–Crippen MR) is 57.1 cm³/mol. The summed E-state index contributed by atoms with van der Waals surface area (Å²) < 4.78 is 18.7. The van der Waals surface area contributed by atoms with Gasteiger partial charge >= 0.3 is 0 Å². The molecule has 1 saturated carbocycles. The Morgan fingerprint density at radius 3 is 2.67 bits per heavy atom. The van der Waals surface area contributed by atoms with Crippen LogP contribution in [-0.2, 0) is 16.8 Å². The van der Waals surface area contributed by atoms with Gasteiger partial charge in [0.05, 0.1) is 6.61 Å². The summed E-state index contributed by atoms with van der Waals surface area (Å²) in [4.78, 5) is 0. The maximum Gasteiger partial charge on any atom is 0.127 e. The molecule has 0 bridgehead atoms. The van der Waals surface area contributed by atoms with Gasteiger partial charge in [-0.15, -0.1) is 0 Å². The summed E-state index contributed by atoms with van der Waals surface area (Å²) in [6, 6.07) is 5.32. The minimum absolute atomic E-state index is 0.0737.